The molecule has 0 saturated carbocycles. The Labute approximate surface area is 153 Å². The van der Waals surface area contributed by atoms with E-state index in [2.05, 4.69) is 5.32 Å². The summed E-state index contributed by atoms with van der Waals surface area (Å²) in [4.78, 5) is 24.6. The predicted molar refractivity (Wildman–Crippen MR) is 92.1 cm³/mol. The average molecular weight is 378 g/mol. The lowest BCUT2D eigenvalue weighted by Crippen LogP contribution is -2.40. The first-order valence-electron chi connectivity index (χ1n) is 8.28. The van der Waals surface area contributed by atoms with Gasteiger partial charge in [-0.3, -0.25) is 9.59 Å². The number of hydrogen-bond donors (Lipinski definition) is 1. The number of anilines is 1. The van der Waals surface area contributed by atoms with Crippen LogP contribution in [0.3, 0.4) is 0 Å². The molecule has 2 aromatic rings. The number of benzene rings is 2. The second-order valence-corrected chi connectivity index (χ2v) is 6.13. The number of ether oxygens (including phenoxy) is 1. The summed E-state index contributed by atoms with van der Waals surface area (Å²) in [5, 5.41) is 2.16. The first kappa shape index (κ1) is 18.8. The number of nitrogens with zero attached hydrogens (tertiary/aromatic N) is 1. The zero-order valence-electron chi connectivity index (χ0n) is 14.2. The third-order valence-corrected chi connectivity index (χ3v) is 4.11. The van der Waals surface area contributed by atoms with Gasteiger partial charge in [-0.15, -0.1) is 0 Å². The van der Waals surface area contributed by atoms with Crippen molar-refractivity contribution < 1.29 is 27.5 Å². The fraction of sp³-hybridized carbons (Fsp3) is 0.263. The normalized spacial score (nSPS) is 16.7. The minimum Gasteiger partial charge on any atom is -0.489 e. The fourth-order valence-electron chi connectivity index (χ4n) is 2.83. The van der Waals surface area contributed by atoms with Crippen molar-refractivity contribution >= 4 is 17.5 Å². The van der Waals surface area contributed by atoms with Crippen LogP contribution in [0, 0.1) is 5.82 Å². The molecule has 0 radical (unpaired) electrons. The van der Waals surface area contributed by atoms with E-state index in [1.807, 2.05) is 0 Å². The highest BCUT2D eigenvalue weighted by Crippen LogP contribution is 2.25. The third kappa shape index (κ3) is 4.78. The number of carbonyl (C=O) groups excluding carboxylic acids is 2. The lowest BCUT2D eigenvalue weighted by molar-refractivity contribution is -0.132. The van der Waals surface area contributed by atoms with Crippen LogP contribution >= 0.6 is 0 Å². The predicted octanol–water partition coefficient (Wildman–Crippen LogP) is 2.89. The molecule has 1 aliphatic heterocycles. The van der Waals surface area contributed by atoms with Gasteiger partial charge in [0.15, 0.2) is 0 Å². The highest BCUT2D eigenvalue weighted by atomic mass is 19.3. The van der Waals surface area contributed by atoms with Gasteiger partial charge < -0.3 is 15.0 Å². The number of carbonyl (C=O) groups is 2. The maximum Gasteiger partial charge on any atom is 0.315 e. The molecule has 1 N–H and O–H groups in total. The van der Waals surface area contributed by atoms with E-state index in [-0.39, 0.29) is 31.3 Å². The molecule has 2 amide bonds. The molecule has 8 heteroatoms. The van der Waals surface area contributed by atoms with E-state index >= 15 is 0 Å². The van der Waals surface area contributed by atoms with Gasteiger partial charge in [0.05, 0.1) is 6.04 Å². The van der Waals surface area contributed by atoms with Crippen molar-refractivity contribution in [2.75, 3.05) is 11.4 Å². The van der Waals surface area contributed by atoms with E-state index in [0.717, 1.165) is 0 Å². The maximum absolute atomic E-state index is 13.1. The van der Waals surface area contributed by atoms with E-state index in [0.29, 0.717) is 17.0 Å². The molecule has 1 aliphatic rings. The van der Waals surface area contributed by atoms with Crippen molar-refractivity contribution in [1.82, 2.24) is 5.32 Å². The van der Waals surface area contributed by atoms with Crippen LogP contribution in [0.5, 0.6) is 5.75 Å². The van der Waals surface area contributed by atoms with Crippen LogP contribution in [0.2, 0.25) is 0 Å². The zero-order chi connectivity index (χ0) is 19.4. The Morgan fingerprint density at radius 2 is 1.96 bits per heavy atom. The summed E-state index contributed by atoms with van der Waals surface area (Å²) in [6.07, 6.45) is -3.14. The van der Waals surface area contributed by atoms with Crippen molar-refractivity contribution in [2.24, 2.45) is 0 Å². The van der Waals surface area contributed by atoms with Crippen LogP contribution in [0.25, 0.3) is 0 Å². The SMILES string of the molecule is O=C(NC1CC(=O)N(c2ccc(OCc3cccc(F)c3)cc2)C1)C(F)F. The molecular formula is C19H17F3N2O3. The molecule has 3 rings (SSSR count). The van der Waals surface area contributed by atoms with Gasteiger partial charge in [-0.2, -0.15) is 8.78 Å². The Kier molecular flexibility index (Phi) is 5.63. The van der Waals surface area contributed by atoms with Crippen LogP contribution in [0.15, 0.2) is 48.5 Å². The number of hydrogen-bond acceptors (Lipinski definition) is 3. The summed E-state index contributed by atoms with van der Waals surface area (Å²) in [5.41, 5.74) is 1.26. The standard InChI is InChI=1S/C19H17F3N2O3/c20-13-3-1-2-12(8-13)11-27-16-6-4-15(5-7-16)24-10-14(9-17(24)25)23-19(26)18(21)22/h1-8,14,18H,9-11H2,(H,23,26). The summed E-state index contributed by atoms with van der Waals surface area (Å²) in [5.74, 6) is -1.44. The highest BCUT2D eigenvalue weighted by Gasteiger charge is 2.33. The van der Waals surface area contributed by atoms with Gasteiger partial charge in [-0.05, 0) is 42.0 Å². The molecule has 0 aliphatic carbocycles. The Hall–Kier alpha value is -3.03. The Bertz CT molecular complexity index is 827. The Balaban J connectivity index is 1.58. The van der Waals surface area contributed by atoms with Crippen molar-refractivity contribution in [2.45, 2.75) is 25.5 Å². The van der Waals surface area contributed by atoms with Crippen molar-refractivity contribution in [3.63, 3.8) is 0 Å². The van der Waals surface area contributed by atoms with E-state index in [4.69, 9.17) is 4.74 Å². The fourth-order valence-corrected chi connectivity index (χ4v) is 2.83. The van der Waals surface area contributed by atoms with Gasteiger partial charge in [0.2, 0.25) is 5.91 Å². The second-order valence-electron chi connectivity index (χ2n) is 6.13. The minimum absolute atomic E-state index is 0.0315. The summed E-state index contributed by atoms with van der Waals surface area (Å²) >= 11 is 0. The van der Waals surface area contributed by atoms with E-state index in [1.165, 1.54) is 17.0 Å². The molecule has 1 fully saturated rings. The molecule has 1 heterocycles. The first-order valence-corrected chi connectivity index (χ1v) is 8.28. The number of amides is 2. The second kappa shape index (κ2) is 8.11. The highest BCUT2D eigenvalue weighted by molar-refractivity contribution is 5.97. The van der Waals surface area contributed by atoms with Gasteiger partial charge in [0, 0.05) is 18.7 Å². The Morgan fingerprint density at radius 1 is 1.22 bits per heavy atom. The zero-order valence-corrected chi connectivity index (χ0v) is 14.2. The van der Waals surface area contributed by atoms with E-state index in [9.17, 15) is 22.8 Å². The van der Waals surface area contributed by atoms with Crippen molar-refractivity contribution in [1.29, 1.82) is 0 Å². The smallest absolute Gasteiger partial charge is 0.315 e. The molecule has 5 nitrogen and oxygen atoms in total. The molecule has 1 unspecified atom stereocenters. The molecule has 1 saturated heterocycles. The first-order chi connectivity index (χ1) is 12.9. The van der Waals surface area contributed by atoms with Crippen LogP contribution in [-0.4, -0.2) is 30.8 Å². The number of alkyl halides is 2. The Morgan fingerprint density at radius 3 is 2.63 bits per heavy atom. The maximum atomic E-state index is 13.1. The monoisotopic (exact) mass is 378 g/mol. The van der Waals surface area contributed by atoms with Gasteiger partial charge in [-0.1, -0.05) is 12.1 Å². The van der Waals surface area contributed by atoms with E-state index in [1.54, 1.807) is 36.4 Å². The molecule has 0 aromatic heterocycles. The largest absolute Gasteiger partial charge is 0.489 e. The molecule has 2 aromatic carbocycles. The lowest BCUT2D eigenvalue weighted by atomic mass is 10.2. The number of halogens is 3. The summed E-state index contributed by atoms with van der Waals surface area (Å²) in [7, 11) is 0. The summed E-state index contributed by atoms with van der Waals surface area (Å²) in [6, 6.07) is 12.1. The number of nitrogens with one attached hydrogen (secondary N) is 1. The van der Waals surface area contributed by atoms with Gasteiger partial charge >= 0.3 is 6.43 Å². The van der Waals surface area contributed by atoms with Gasteiger partial charge in [0.25, 0.3) is 5.91 Å². The van der Waals surface area contributed by atoms with Crippen molar-refractivity contribution in [3.05, 3.63) is 59.9 Å². The van der Waals surface area contributed by atoms with Crippen LogP contribution in [0.1, 0.15) is 12.0 Å². The third-order valence-electron chi connectivity index (χ3n) is 4.11. The lowest BCUT2D eigenvalue weighted by Gasteiger charge is -2.17. The quantitative estimate of drug-likeness (QED) is 0.841. The molecule has 0 spiro atoms. The van der Waals surface area contributed by atoms with Crippen LogP contribution in [-0.2, 0) is 16.2 Å². The topological polar surface area (TPSA) is 58.6 Å². The number of rotatable bonds is 6. The van der Waals surface area contributed by atoms with Crippen molar-refractivity contribution in [3.8, 4) is 5.75 Å². The summed E-state index contributed by atoms with van der Waals surface area (Å²) < 4.78 is 43.4. The molecule has 0 bridgehead atoms. The minimum atomic E-state index is -3.11. The van der Waals surface area contributed by atoms with Crippen LogP contribution in [0.4, 0.5) is 18.9 Å². The van der Waals surface area contributed by atoms with E-state index < -0.39 is 18.4 Å². The van der Waals surface area contributed by atoms with Gasteiger partial charge in [-0.25, -0.2) is 4.39 Å². The van der Waals surface area contributed by atoms with Gasteiger partial charge in [0.1, 0.15) is 18.2 Å². The van der Waals surface area contributed by atoms with Crippen LogP contribution < -0.4 is 15.0 Å². The summed E-state index contributed by atoms with van der Waals surface area (Å²) in [6.45, 7) is 0.322. The molecule has 1 atom stereocenters. The molecular weight excluding hydrogens is 361 g/mol. The molecule has 27 heavy (non-hydrogen) atoms. The average Bonchev–Trinajstić information content (AvgIpc) is 3.00. The molecule has 142 valence electrons.